The van der Waals surface area contributed by atoms with Crippen LogP contribution in [0.1, 0.15) is 0 Å². The first-order valence-electron chi connectivity index (χ1n) is 4.53. The number of hydrogen-bond donors (Lipinski definition) is 2. The standard InChI is InChI=1S/C8H9N5O2/c9-8-11-6-5-7(12-8)15-2-4(14)1-13(5)3-10-6/h3-4,14H,1-2H2,(H2,9,11,12)/t4-/m0/s1. The minimum Gasteiger partial charge on any atom is -0.473 e. The highest BCUT2D eigenvalue weighted by Crippen LogP contribution is 2.25. The fourth-order valence-electron chi connectivity index (χ4n) is 1.66. The predicted molar refractivity (Wildman–Crippen MR) is 51.2 cm³/mol. The largest absolute Gasteiger partial charge is 0.473 e. The average molecular weight is 207 g/mol. The molecule has 2 aromatic rings. The molecule has 0 saturated heterocycles. The number of nitrogens with two attached hydrogens (primary N) is 1. The van der Waals surface area contributed by atoms with Crippen molar-refractivity contribution in [2.24, 2.45) is 0 Å². The minimum atomic E-state index is -0.571. The first-order valence-corrected chi connectivity index (χ1v) is 4.53. The molecule has 7 heteroatoms. The minimum absolute atomic E-state index is 0.124. The molecule has 0 amide bonds. The van der Waals surface area contributed by atoms with Gasteiger partial charge in [0.15, 0.2) is 11.2 Å². The van der Waals surface area contributed by atoms with E-state index in [1.165, 1.54) is 0 Å². The summed E-state index contributed by atoms with van der Waals surface area (Å²) in [5.41, 5.74) is 6.68. The molecule has 0 saturated carbocycles. The van der Waals surface area contributed by atoms with Crippen molar-refractivity contribution in [3.05, 3.63) is 6.33 Å². The molecule has 3 N–H and O–H groups in total. The molecule has 0 spiro atoms. The van der Waals surface area contributed by atoms with Crippen molar-refractivity contribution in [2.75, 3.05) is 12.3 Å². The Morgan fingerprint density at radius 1 is 1.53 bits per heavy atom. The van der Waals surface area contributed by atoms with Crippen molar-refractivity contribution in [2.45, 2.75) is 12.6 Å². The molecule has 15 heavy (non-hydrogen) atoms. The Morgan fingerprint density at radius 2 is 2.40 bits per heavy atom. The molecule has 3 heterocycles. The summed E-state index contributed by atoms with van der Waals surface area (Å²) < 4.78 is 7.10. The number of ether oxygens (including phenoxy) is 1. The molecular formula is C8H9N5O2. The zero-order chi connectivity index (χ0) is 10.4. The molecule has 1 atom stereocenters. The van der Waals surface area contributed by atoms with Gasteiger partial charge < -0.3 is 20.1 Å². The molecule has 0 radical (unpaired) electrons. The SMILES string of the molecule is Nc1nc2c3c(ncn3C[C@H](O)CO2)n1. The van der Waals surface area contributed by atoms with Crippen molar-refractivity contribution < 1.29 is 9.84 Å². The number of anilines is 1. The van der Waals surface area contributed by atoms with Crippen molar-refractivity contribution in [3.63, 3.8) is 0 Å². The first kappa shape index (κ1) is 8.42. The summed E-state index contributed by atoms with van der Waals surface area (Å²) in [6.45, 7) is 0.629. The number of rotatable bonds is 0. The summed E-state index contributed by atoms with van der Waals surface area (Å²) in [4.78, 5) is 12.0. The van der Waals surface area contributed by atoms with Crippen molar-refractivity contribution in [1.29, 1.82) is 0 Å². The summed E-state index contributed by atoms with van der Waals surface area (Å²) in [6.07, 6.45) is 1.03. The number of nitrogens with zero attached hydrogens (tertiary/aromatic N) is 4. The fourth-order valence-corrected chi connectivity index (χ4v) is 1.66. The second kappa shape index (κ2) is 2.80. The Kier molecular flexibility index (Phi) is 1.57. The van der Waals surface area contributed by atoms with E-state index in [0.717, 1.165) is 0 Å². The number of aromatic nitrogens is 4. The summed E-state index contributed by atoms with van der Waals surface area (Å²) in [5.74, 6) is 0.505. The van der Waals surface area contributed by atoms with Crippen molar-refractivity contribution in [3.8, 4) is 5.88 Å². The Balaban J connectivity index is 2.31. The lowest BCUT2D eigenvalue weighted by molar-refractivity contribution is 0.0980. The zero-order valence-electron chi connectivity index (χ0n) is 7.79. The van der Waals surface area contributed by atoms with E-state index in [2.05, 4.69) is 15.0 Å². The second-order valence-electron chi connectivity index (χ2n) is 3.42. The van der Waals surface area contributed by atoms with Crippen LogP contribution in [0.3, 0.4) is 0 Å². The molecule has 3 rings (SSSR count). The number of aliphatic hydroxyl groups excluding tert-OH is 1. The normalized spacial score (nSPS) is 19.9. The molecule has 78 valence electrons. The molecule has 7 nitrogen and oxygen atoms in total. The number of nitrogen functional groups attached to an aromatic ring is 1. The van der Waals surface area contributed by atoms with Crippen LogP contribution in [0.5, 0.6) is 5.88 Å². The van der Waals surface area contributed by atoms with Crippen LogP contribution >= 0.6 is 0 Å². The fraction of sp³-hybridized carbons (Fsp3) is 0.375. The van der Waals surface area contributed by atoms with Crippen LogP contribution in [0.2, 0.25) is 0 Å². The third-order valence-corrected chi connectivity index (χ3v) is 2.28. The van der Waals surface area contributed by atoms with Crippen molar-refractivity contribution >= 4 is 17.1 Å². The Hall–Kier alpha value is -1.89. The maximum Gasteiger partial charge on any atom is 0.245 e. The van der Waals surface area contributed by atoms with Gasteiger partial charge in [0.05, 0.1) is 12.9 Å². The maximum absolute atomic E-state index is 9.55. The lowest BCUT2D eigenvalue weighted by Crippen LogP contribution is -2.20. The molecule has 0 unspecified atom stereocenters. The molecule has 1 aliphatic rings. The van der Waals surface area contributed by atoms with Crippen molar-refractivity contribution in [1.82, 2.24) is 19.5 Å². The monoisotopic (exact) mass is 207 g/mol. The van der Waals surface area contributed by atoms with Gasteiger partial charge in [0.25, 0.3) is 0 Å². The predicted octanol–water partition coefficient (Wildman–Crippen LogP) is -0.838. The van der Waals surface area contributed by atoms with Gasteiger partial charge in [0.2, 0.25) is 11.8 Å². The van der Waals surface area contributed by atoms with Gasteiger partial charge >= 0.3 is 0 Å². The van der Waals surface area contributed by atoms with E-state index in [9.17, 15) is 5.11 Å². The van der Waals surface area contributed by atoms with Gasteiger partial charge in [-0.15, -0.1) is 0 Å². The molecule has 2 aromatic heterocycles. The lowest BCUT2D eigenvalue weighted by atomic mass is 10.4. The highest BCUT2D eigenvalue weighted by atomic mass is 16.5. The highest BCUT2D eigenvalue weighted by molar-refractivity contribution is 5.77. The lowest BCUT2D eigenvalue weighted by Gasteiger charge is -2.06. The van der Waals surface area contributed by atoms with Gasteiger partial charge in [-0.2, -0.15) is 9.97 Å². The van der Waals surface area contributed by atoms with Crippen LogP contribution in [0.25, 0.3) is 11.2 Å². The van der Waals surface area contributed by atoms with E-state index in [-0.39, 0.29) is 12.6 Å². The van der Waals surface area contributed by atoms with Crippen LogP contribution in [-0.2, 0) is 6.54 Å². The summed E-state index contributed by atoms with van der Waals surface area (Å²) in [6, 6.07) is 0. The van der Waals surface area contributed by atoms with Crippen LogP contribution in [0.15, 0.2) is 6.33 Å². The molecule has 0 bridgehead atoms. The van der Waals surface area contributed by atoms with Gasteiger partial charge in [0, 0.05) is 0 Å². The first-order chi connectivity index (χ1) is 7.24. The van der Waals surface area contributed by atoms with Gasteiger partial charge in [0.1, 0.15) is 12.7 Å². The summed E-state index contributed by atoms with van der Waals surface area (Å²) in [7, 11) is 0. The van der Waals surface area contributed by atoms with Gasteiger partial charge in [-0.1, -0.05) is 0 Å². The van der Waals surface area contributed by atoms with E-state index < -0.39 is 6.10 Å². The molecular weight excluding hydrogens is 198 g/mol. The van der Waals surface area contributed by atoms with Crippen LogP contribution in [0.4, 0.5) is 5.95 Å². The summed E-state index contributed by atoms with van der Waals surface area (Å²) in [5, 5.41) is 9.55. The third kappa shape index (κ3) is 1.20. The maximum atomic E-state index is 9.55. The Morgan fingerprint density at radius 3 is 3.27 bits per heavy atom. The van der Waals surface area contributed by atoms with Gasteiger partial charge in [-0.3, -0.25) is 0 Å². The molecule has 0 fully saturated rings. The smallest absolute Gasteiger partial charge is 0.245 e. The van der Waals surface area contributed by atoms with E-state index in [0.29, 0.717) is 23.6 Å². The van der Waals surface area contributed by atoms with E-state index in [1.54, 1.807) is 10.9 Å². The van der Waals surface area contributed by atoms with Crippen LogP contribution in [0, 0.1) is 0 Å². The number of hydrogen-bond acceptors (Lipinski definition) is 6. The molecule has 0 aliphatic carbocycles. The summed E-state index contributed by atoms with van der Waals surface area (Å²) >= 11 is 0. The Bertz CT molecular complexity index is 523. The number of imidazole rings is 1. The second-order valence-corrected chi connectivity index (χ2v) is 3.42. The van der Waals surface area contributed by atoms with Crippen LogP contribution < -0.4 is 10.5 Å². The quantitative estimate of drug-likeness (QED) is 0.584. The third-order valence-electron chi connectivity index (χ3n) is 2.28. The van der Waals surface area contributed by atoms with E-state index in [4.69, 9.17) is 10.5 Å². The van der Waals surface area contributed by atoms with E-state index in [1.807, 2.05) is 0 Å². The highest BCUT2D eigenvalue weighted by Gasteiger charge is 2.20. The van der Waals surface area contributed by atoms with Gasteiger partial charge in [-0.05, 0) is 0 Å². The molecule has 1 aliphatic heterocycles. The van der Waals surface area contributed by atoms with E-state index >= 15 is 0 Å². The molecule has 0 aromatic carbocycles. The average Bonchev–Trinajstić information content (AvgIpc) is 2.49. The van der Waals surface area contributed by atoms with Crippen LogP contribution in [-0.4, -0.2) is 37.3 Å². The topological polar surface area (TPSA) is 99.1 Å². The van der Waals surface area contributed by atoms with Gasteiger partial charge in [-0.25, -0.2) is 4.98 Å². The zero-order valence-corrected chi connectivity index (χ0v) is 7.79. The number of aliphatic hydroxyl groups is 1. The Labute approximate surface area is 84.5 Å².